The fourth-order valence-corrected chi connectivity index (χ4v) is 3.32. The van der Waals surface area contributed by atoms with Gasteiger partial charge in [0.1, 0.15) is 0 Å². The first kappa shape index (κ1) is 14.0. The first-order valence-corrected chi connectivity index (χ1v) is 7.46. The average molecular weight is 312 g/mol. The average Bonchev–Trinajstić information content (AvgIpc) is 2.37. The number of aryl methyl sites for hydroxylation is 1. The molecule has 18 heavy (non-hydrogen) atoms. The second kappa shape index (κ2) is 6.18. The molecule has 1 aliphatic rings. The number of likely N-dealkylation sites (tertiary alicyclic amines) is 1. The zero-order chi connectivity index (χ0) is 13.1. The van der Waals surface area contributed by atoms with Crippen LogP contribution in [0.2, 0.25) is 0 Å². The van der Waals surface area contributed by atoms with Crippen molar-refractivity contribution in [3.8, 4) is 0 Å². The summed E-state index contributed by atoms with van der Waals surface area (Å²) in [6, 6.07) is 6.38. The van der Waals surface area contributed by atoms with Crippen molar-refractivity contribution in [1.29, 1.82) is 0 Å². The molecule has 1 aromatic carbocycles. The highest BCUT2D eigenvalue weighted by Crippen LogP contribution is 2.34. The van der Waals surface area contributed by atoms with E-state index in [0.29, 0.717) is 5.92 Å². The number of hydrogen-bond donors (Lipinski definition) is 1. The van der Waals surface area contributed by atoms with E-state index < -0.39 is 0 Å². The maximum absolute atomic E-state index is 9.78. The standard InChI is InChI=1S/C15H22BrNO/c1-11-3-4-13(16)9-14(11)15(10-18)12-5-7-17(2)8-6-12/h3-4,9,12,15,18H,5-8,10H2,1-2H3. The number of nitrogens with zero attached hydrogens (tertiary/aromatic N) is 1. The molecule has 1 heterocycles. The van der Waals surface area contributed by atoms with Crippen LogP contribution in [0.25, 0.3) is 0 Å². The lowest BCUT2D eigenvalue weighted by Crippen LogP contribution is -2.33. The number of rotatable bonds is 3. The molecule has 0 aromatic heterocycles. The largest absolute Gasteiger partial charge is 0.396 e. The molecule has 1 saturated heterocycles. The van der Waals surface area contributed by atoms with Gasteiger partial charge in [-0.3, -0.25) is 0 Å². The molecule has 0 aliphatic carbocycles. The van der Waals surface area contributed by atoms with Gasteiger partial charge in [0.05, 0.1) is 6.61 Å². The number of halogens is 1. The molecule has 100 valence electrons. The van der Waals surface area contributed by atoms with Crippen molar-refractivity contribution < 1.29 is 5.11 Å². The van der Waals surface area contributed by atoms with E-state index in [9.17, 15) is 5.11 Å². The Hall–Kier alpha value is -0.380. The third kappa shape index (κ3) is 3.14. The molecule has 0 saturated carbocycles. The topological polar surface area (TPSA) is 23.5 Å². The van der Waals surface area contributed by atoms with E-state index in [1.807, 2.05) is 0 Å². The van der Waals surface area contributed by atoms with Crippen LogP contribution < -0.4 is 0 Å². The van der Waals surface area contributed by atoms with Gasteiger partial charge >= 0.3 is 0 Å². The Labute approximate surface area is 118 Å². The molecule has 0 amide bonds. The molecule has 1 N–H and O–H groups in total. The van der Waals surface area contributed by atoms with Gasteiger partial charge in [-0.2, -0.15) is 0 Å². The van der Waals surface area contributed by atoms with Crippen LogP contribution in [0.1, 0.15) is 29.9 Å². The van der Waals surface area contributed by atoms with Crippen molar-refractivity contribution in [2.24, 2.45) is 5.92 Å². The minimum absolute atomic E-state index is 0.256. The van der Waals surface area contributed by atoms with Gasteiger partial charge in [0.25, 0.3) is 0 Å². The highest BCUT2D eigenvalue weighted by atomic mass is 79.9. The molecule has 1 atom stereocenters. The summed E-state index contributed by atoms with van der Waals surface area (Å²) in [6.45, 7) is 4.69. The number of hydrogen-bond acceptors (Lipinski definition) is 2. The van der Waals surface area contributed by atoms with Crippen molar-refractivity contribution in [3.05, 3.63) is 33.8 Å². The molecule has 1 unspecified atom stereocenters. The van der Waals surface area contributed by atoms with Crippen LogP contribution in [0.5, 0.6) is 0 Å². The molecule has 0 bridgehead atoms. The predicted molar refractivity (Wildman–Crippen MR) is 78.9 cm³/mol. The molecule has 0 radical (unpaired) electrons. The number of aliphatic hydroxyl groups excluding tert-OH is 1. The molecule has 2 nitrogen and oxygen atoms in total. The van der Waals surface area contributed by atoms with Crippen LogP contribution >= 0.6 is 15.9 Å². The molecule has 1 fully saturated rings. The third-order valence-corrected chi connectivity index (χ3v) is 4.66. The first-order valence-electron chi connectivity index (χ1n) is 6.67. The van der Waals surface area contributed by atoms with Gasteiger partial charge in [-0.15, -0.1) is 0 Å². The van der Waals surface area contributed by atoms with E-state index in [0.717, 1.165) is 17.6 Å². The lowest BCUT2D eigenvalue weighted by Gasteiger charge is -2.34. The maximum Gasteiger partial charge on any atom is 0.0502 e. The molecule has 3 heteroatoms. The van der Waals surface area contributed by atoms with Crippen LogP contribution in [0.4, 0.5) is 0 Å². The van der Waals surface area contributed by atoms with E-state index in [1.165, 1.54) is 24.0 Å². The normalized spacial score (nSPS) is 20.0. The zero-order valence-electron chi connectivity index (χ0n) is 11.2. The minimum atomic E-state index is 0.256. The Bertz CT molecular complexity index is 399. The van der Waals surface area contributed by atoms with E-state index in [1.54, 1.807) is 0 Å². The highest BCUT2D eigenvalue weighted by Gasteiger charge is 2.27. The summed E-state index contributed by atoms with van der Waals surface area (Å²) in [7, 11) is 2.18. The van der Waals surface area contributed by atoms with Gasteiger partial charge in [-0.1, -0.05) is 22.0 Å². The lowest BCUT2D eigenvalue weighted by atomic mass is 9.79. The molecular weight excluding hydrogens is 290 g/mol. The van der Waals surface area contributed by atoms with Gasteiger partial charge in [0.2, 0.25) is 0 Å². The second-order valence-electron chi connectivity index (χ2n) is 5.43. The van der Waals surface area contributed by atoms with Crippen molar-refractivity contribution in [2.45, 2.75) is 25.7 Å². The summed E-state index contributed by atoms with van der Waals surface area (Å²) in [6.07, 6.45) is 2.38. The summed E-state index contributed by atoms with van der Waals surface area (Å²) in [5, 5.41) is 9.78. The van der Waals surface area contributed by atoms with Crippen LogP contribution in [-0.2, 0) is 0 Å². The summed E-state index contributed by atoms with van der Waals surface area (Å²) in [4.78, 5) is 2.37. The Balaban J connectivity index is 2.19. The maximum atomic E-state index is 9.78. The molecule has 1 aromatic rings. The van der Waals surface area contributed by atoms with E-state index in [2.05, 4.69) is 53.0 Å². The molecule has 2 rings (SSSR count). The number of aliphatic hydroxyl groups is 1. The fraction of sp³-hybridized carbons (Fsp3) is 0.600. The minimum Gasteiger partial charge on any atom is -0.396 e. The summed E-state index contributed by atoms with van der Waals surface area (Å²) in [5.41, 5.74) is 2.60. The Morgan fingerprint density at radius 3 is 2.67 bits per heavy atom. The quantitative estimate of drug-likeness (QED) is 0.927. The Morgan fingerprint density at radius 1 is 1.39 bits per heavy atom. The highest BCUT2D eigenvalue weighted by molar-refractivity contribution is 9.10. The fourth-order valence-electron chi connectivity index (χ4n) is 2.94. The summed E-state index contributed by atoms with van der Waals surface area (Å²) in [5.74, 6) is 0.899. The van der Waals surface area contributed by atoms with Crippen LogP contribution in [0.3, 0.4) is 0 Å². The van der Waals surface area contributed by atoms with E-state index in [-0.39, 0.29) is 12.5 Å². The molecular formula is C15H22BrNO. The summed E-state index contributed by atoms with van der Waals surface area (Å²) < 4.78 is 1.11. The number of piperidine rings is 1. The van der Waals surface area contributed by atoms with Gasteiger partial charge < -0.3 is 10.0 Å². The SMILES string of the molecule is Cc1ccc(Br)cc1C(CO)C1CCN(C)CC1. The zero-order valence-corrected chi connectivity index (χ0v) is 12.8. The number of benzene rings is 1. The monoisotopic (exact) mass is 311 g/mol. The van der Waals surface area contributed by atoms with Crippen LogP contribution in [0.15, 0.2) is 22.7 Å². The van der Waals surface area contributed by atoms with E-state index >= 15 is 0 Å². The van der Waals surface area contributed by atoms with Crippen molar-refractivity contribution in [2.75, 3.05) is 26.7 Å². The molecule has 0 spiro atoms. The Morgan fingerprint density at radius 2 is 2.06 bits per heavy atom. The van der Waals surface area contributed by atoms with Gasteiger partial charge in [-0.05, 0) is 69.1 Å². The van der Waals surface area contributed by atoms with Gasteiger partial charge in [0, 0.05) is 10.4 Å². The smallest absolute Gasteiger partial charge is 0.0502 e. The van der Waals surface area contributed by atoms with Crippen LogP contribution in [0, 0.1) is 12.8 Å². The third-order valence-electron chi connectivity index (χ3n) is 4.17. The van der Waals surface area contributed by atoms with Gasteiger partial charge in [0.15, 0.2) is 0 Å². The van der Waals surface area contributed by atoms with Gasteiger partial charge in [-0.25, -0.2) is 0 Å². The van der Waals surface area contributed by atoms with Crippen molar-refractivity contribution >= 4 is 15.9 Å². The first-order chi connectivity index (χ1) is 8.61. The predicted octanol–water partition coefficient (Wildman–Crippen LogP) is 3.18. The van der Waals surface area contributed by atoms with Crippen molar-refractivity contribution in [3.63, 3.8) is 0 Å². The molecule has 1 aliphatic heterocycles. The van der Waals surface area contributed by atoms with Crippen molar-refractivity contribution in [1.82, 2.24) is 4.90 Å². The lowest BCUT2D eigenvalue weighted by molar-refractivity contribution is 0.156. The summed E-state index contributed by atoms with van der Waals surface area (Å²) >= 11 is 3.54. The Kier molecular flexibility index (Phi) is 4.82. The van der Waals surface area contributed by atoms with E-state index in [4.69, 9.17) is 0 Å². The second-order valence-corrected chi connectivity index (χ2v) is 6.35. The van der Waals surface area contributed by atoms with Crippen LogP contribution in [-0.4, -0.2) is 36.8 Å².